The number of nitrogens with zero attached hydrogens (tertiary/aromatic N) is 4. The van der Waals surface area contributed by atoms with Crippen molar-refractivity contribution in [2.75, 3.05) is 0 Å². The van der Waals surface area contributed by atoms with Crippen LogP contribution in [0.2, 0.25) is 0 Å². The Morgan fingerprint density at radius 3 is 2.38 bits per heavy atom. The Bertz CT molecular complexity index is 784. The molecule has 6 rings (SSSR count). The topological polar surface area (TPSA) is 103 Å². The zero-order valence-electron chi connectivity index (χ0n) is 17.0. The van der Waals surface area contributed by atoms with Crippen molar-refractivity contribution in [1.82, 2.24) is 20.1 Å². The number of hydrogen-bond acceptors (Lipinski definition) is 5. The molecule has 158 valence electrons. The van der Waals surface area contributed by atoms with Crippen molar-refractivity contribution in [3.05, 3.63) is 16.4 Å². The monoisotopic (exact) mass is 401 g/mol. The quantitative estimate of drug-likeness (QED) is 0.612. The summed E-state index contributed by atoms with van der Waals surface area (Å²) in [5, 5.41) is 18.7. The summed E-state index contributed by atoms with van der Waals surface area (Å²) in [6, 6.07) is 0.305. The Morgan fingerprint density at radius 2 is 1.76 bits per heavy atom. The van der Waals surface area contributed by atoms with Crippen LogP contribution >= 0.6 is 0 Å². The van der Waals surface area contributed by atoms with Crippen LogP contribution in [0.4, 0.5) is 5.95 Å². The highest BCUT2D eigenvalue weighted by Gasteiger charge is 2.62. The summed E-state index contributed by atoms with van der Waals surface area (Å²) >= 11 is 0. The second-order valence-corrected chi connectivity index (χ2v) is 10.2. The lowest BCUT2D eigenvalue weighted by molar-refractivity contribution is -0.394. The van der Waals surface area contributed by atoms with Crippen molar-refractivity contribution in [2.24, 2.45) is 17.3 Å². The molecular weight excluding hydrogens is 370 g/mol. The highest BCUT2D eigenvalue weighted by molar-refractivity contribution is 5.83. The predicted octanol–water partition coefficient (Wildman–Crippen LogP) is 3.71. The van der Waals surface area contributed by atoms with E-state index < -0.39 is 4.92 Å². The van der Waals surface area contributed by atoms with Gasteiger partial charge in [-0.2, -0.15) is 4.68 Å². The summed E-state index contributed by atoms with van der Waals surface area (Å²) in [6.07, 6.45) is 15.7. The first-order valence-electron chi connectivity index (χ1n) is 11.4. The average molecular weight is 402 g/mol. The van der Waals surface area contributed by atoms with Gasteiger partial charge in [-0.05, 0) is 68.1 Å². The van der Waals surface area contributed by atoms with Gasteiger partial charge < -0.3 is 15.4 Å². The lowest BCUT2D eigenvalue weighted by Gasteiger charge is -2.60. The summed E-state index contributed by atoms with van der Waals surface area (Å²) < 4.78 is 1.74. The van der Waals surface area contributed by atoms with E-state index in [0.717, 1.165) is 44.9 Å². The Morgan fingerprint density at radius 1 is 1.10 bits per heavy atom. The third-order valence-corrected chi connectivity index (χ3v) is 8.08. The number of aromatic nitrogens is 3. The molecule has 0 aliphatic heterocycles. The smallest absolute Gasteiger partial charge is 0.390 e. The molecule has 4 bridgehead atoms. The van der Waals surface area contributed by atoms with E-state index in [1.807, 2.05) is 0 Å². The van der Waals surface area contributed by atoms with Gasteiger partial charge in [0.2, 0.25) is 12.2 Å². The average Bonchev–Trinajstić information content (AvgIpc) is 3.14. The molecule has 1 heterocycles. The SMILES string of the molecule is O=C(NC1CCCCCCC1)C12C[C@H]3C[C@@H](C1)CC(n1cnc([N+](=O)[O-])n1)(C3)C2. The summed E-state index contributed by atoms with van der Waals surface area (Å²) in [6.45, 7) is 0. The third-order valence-electron chi connectivity index (χ3n) is 8.08. The first-order chi connectivity index (χ1) is 14.0. The zero-order valence-corrected chi connectivity index (χ0v) is 17.0. The Labute approximate surface area is 171 Å². The molecule has 29 heavy (non-hydrogen) atoms. The van der Waals surface area contributed by atoms with E-state index in [2.05, 4.69) is 15.4 Å². The van der Waals surface area contributed by atoms with Crippen LogP contribution in [0.1, 0.15) is 83.5 Å². The summed E-state index contributed by atoms with van der Waals surface area (Å²) in [5.74, 6) is 0.898. The van der Waals surface area contributed by atoms with Gasteiger partial charge in [0.25, 0.3) is 0 Å². The number of nitrogens with one attached hydrogen (secondary N) is 1. The first-order valence-corrected chi connectivity index (χ1v) is 11.4. The van der Waals surface area contributed by atoms with Crippen LogP contribution in [0.3, 0.4) is 0 Å². The van der Waals surface area contributed by atoms with Crippen LogP contribution in [0, 0.1) is 27.4 Å². The molecule has 0 aromatic carbocycles. The molecule has 0 spiro atoms. The van der Waals surface area contributed by atoms with Gasteiger partial charge in [0, 0.05) is 11.1 Å². The lowest BCUT2D eigenvalue weighted by Crippen LogP contribution is -2.61. The van der Waals surface area contributed by atoms with Crippen LogP contribution in [-0.4, -0.2) is 31.6 Å². The molecule has 1 aromatic rings. The van der Waals surface area contributed by atoms with Gasteiger partial charge in [0.05, 0.1) is 11.0 Å². The Hall–Kier alpha value is -1.99. The Balaban J connectivity index is 1.38. The fourth-order valence-electron chi connectivity index (χ4n) is 7.25. The van der Waals surface area contributed by atoms with E-state index in [1.165, 1.54) is 44.9 Å². The number of hydrogen-bond donors (Lipinski definition) is 1. The van der Waals surface area contributed by atoms with Crippen molar-refractivity contribution in [3.63, 3.8) is 0 Å². The largest absolute Gasteiger partial charge is 0.490 e. The van der Waals surface area contributed by atoms with Gasteiger partial charge in [-0.1, -0.05) is 37.1 Å². The van der Waals surface area contributed by atoms with Crippen LogP contribution in [-0.2, 0) is 10.3 Å². The van der Waals surface area contributed by atoms with E-state index in [4.69, 9.17) is 0 Å². The molecule has 8 nitrogen and oxygen atoms in total. The maximum atomic E-state index is 13.6. The minimum Gasteiger partial charge on any atom is -0.390 e. The molecule has 4 atom stereocenters. The summed E-state index contributed by atoms with van der Waals surface area (Å²) in [7, 11) is 0. The number of nitro groups is 1. The second kappa shape index (κ2) is 7.06. The van der Waals surface area contributed by atoms with Crippen LogP contribution in [0.15, 0.2) is 6.33 Å². The number of rotatable bonds is 4. The molecule has 5 aliphatic rings. The van der Waals surface area contributed by atoms with E-state index in [9.17, 15) is 14.9 Å². The normalized spacial score (nSPS) is 37.1. The third kappa shape index (κ3) is 3.34. The molecule has 5 aliphatic carbocycles. The number of amides is 1. The molecule has 0 radical (unpaired) electrons. The molecule has 5 saturated carbocycles. The van der Waals surface area contributed by atoms with Crippen molar-refractivity contribution in [1.29, 1.82) is 0 Å². The molecule has 1 amide bonds. The van der Waals surface area contributed by atoms with E-state index in [-0.39, 0.29) is 22.8 Å². The van der Waals surface area contributed by atoms with Crippen molar-refractivity contribution < 1.29 is 9.72 Å². The number of carbonyl (C=O) groups is 1. The Kier molecular flexibility index (Phi) is 4.62. The van der Waals surface area contributed by atoms with Crippen molar-refractivity contribution >= 4 is 11.9 Å². The van der Waals surface area contributed by atoms with E-state index in [0.29, 0.717) is 17.9 Å². The fraction of sp³-hybridized carbons (Fsp3) is 0.857. The molecule has 5 fully saturated rings. The minimum absolute atomic E-state index is 0.233. The maximum absolute atomic E-state index is 13.6. The first kappa shape index (κ1) is 19.0. The van der Waals surface area contributed by atoms with Gasteiger partial charge in [-0.25, -0.2) is 0 Å². The maximum Gasteiger partial charge on any atom is 0.490 e. The molecule has 8 heteroatoms. The molecule has 1 aromatic heterocycles. The summed E-state index contributed by atoms with van der Waals surface area (Å²) in [4.78, 5) is 28.0. The van der Waals surface area contributed by atoms with Crippen LogP contribution in [0.5, 0.6) is 0 Å². The van der Waals surface area contributed by atoms with Gasteiger partial charge in [0.15, 0.2) is 0 Å². The van der Waals surface area contributed by atoms with Gasteiger partial charge in [0.1, 0.15) is 0 Å². The van der Waals surface area contributed by atoms with Crippen molar-refractivity contribution in [3.8, 4) is 0 Å². The zero-order chi connectivity index (χ0) is 20.1. The standard InChI is InChI=1S/C21H31N5O3/c27-18(23-17-6-4-2-1-3-5-7-17)20-9-15-8-16(10-20)12-21(11-15,13-20)25-14-22-19(24-25)26(28)29/h14-17H,1-13H2,(H,23,27)/t15-,16+,20?,21?. The summed E-state index contributed by atoms with van der Waals surface area (Å²) in [5.41, 5.74) is -0.628. The highest BCUT2D eigenvalue weighted by atomic mass is 16.6. The van der Waals surface area contributed by atoms with E-state index >= 15 is 0 Å². The minimum atomic E-state index is -0.534. The molecule has 1 N–H and O–H groups in total. The lowest BCUT2D eigenvalue weighted by atomic mass is 9.46. The predicted molar refractivity (Wildman–Crippen MR) is 106 cm³/mol. The van der Waals surface area contributed by atoms with Crippen molar-refractivity contribution in [2.45, 2.75) is 95.1 Å². The molecule has 0 saturated heterocycles. The fourth-order valence-corrected chi connectivity index (χ4v) is 7.25. The van der Waals surface area contributed by atoms with Gasteiger partial charge in [-0.3, -0.25) is 4.79 Å². The van der Waals surface area contributed by atoms with Gasteiger partial charge >= 0.3 is 5.95 Å². The molecular formula is C21H31N5O3. The van der Waals surface area contributed by atoms with E-state index in [1.54, 1.807) is 4.68 Å². The van der Waals surface area contributed by atoms with Gasteiger partial charge in [-0.15, -0.1) is 0 Å². The highest BCUT2D eigenvalue weighted by Crippen LogP contribution is 2.64. The van der Waals surface area contributed by atoms with Crippen LogP contribution < -0.4 is 5.32 Å². The number of carbonyl (C=O) groups excluding carboxylic acids is 1. The van der Waals surface area contributed by atoms with Crippen LogP contribution in [0.25, 0.3) is 0 Å². The molecule has 2 unspecified atom stereocenters. The second-order valence-electron chi connectivity index (χ2n) is 10.2.